The predicted octanol–water partition coefficient (Wildman–Crippen LogP) is 4.40. The molecule has 134 valence electrons. The third kappa shape index (κ3) is 3.13. The zero-order chi connectivity index (χ0) is 18.8. The highest BCUT2D eigenvalue weighted by molar-refractivity contribution is 5.71. The summed E-state index contributed by atoms with van der Waals surface area (Å²) in [6.07, 6.45) is 1.72. The van der Waals surface area contributed by atoms with E-state index in [-0.39, 0.29) is 5.56 Å². The number of ether oxygens (including phenoxy) is 1. The van der Waals surface area contributed by atoms with Gasteiger partial charge in [0, 0.05) is 17.8 Å². The Morgan fingerprint density at radius 2 is 1.67 bits per heavy atom. The molecule has 4 nitrogen and oxygen atoms in total. The van der Waals surface area contributed by atoms with Crippen LogP contribution in [-0.4, -0.2) is 11.2 Å². The van der Waals surface area contributed by atoms with Crippen molar-refractivity contribution in [2.75, 3.05) is 6.61 Å². The fourth-order valence-electron chi connectivity index (χ4n) is 3.67. The molecule has 1 aromatic heterocycles. The van der Waals surface area contributed by atoms with Gasteiger partial charge < -0.3 is 9.30 Å². The van der Waals surface area contributed by atoms with Crippen molar-refractivity contribution in [3.8, 4) is 34.1 Å². The van der Waals surface area contributed by atoms with E-state index in [1.807, 2.05) is 55.5 Å². The highest BCUT2D eigenvalue weighted by Crippen LogP contribution is 2.27. The van der Waals surface area contributed by atoms with Gasteiger partial charge >= 0.3 is 0 Å². The first kappa shape index (κ1) is 17.1. The first-order chi connectivity index (χ1) is 13.2. The summed E-state index contributed by atoms with van der Waals surface area (Å²) >= 11 is 0. The van der Waals surface area contributed by atoms with Crippen LogP contribution in [0.4, 0.5) is 0 Å². The highest BCUT2D eigenvalue weighted by atomic mass is 16.5. The molecule has 0 aliphatic carbocycles. The third-order valence-electron chi connectivity index (χ3n) is 5.01. The standard InChI is InChI=1S/C23H20N2O2/c1-2-27-20-11-9-17(10-12-20)16-5-7-18(8-6-16)21-14-19(15-24)22-4-3-13-25(22)23(21)26/h5-12,14H,2-4,13H2,1H3. The minimum atomic E-state index is -0.00434. The van der Waals surface area contributed by atoms with Crippen molar-refractivity contribution in [3.05, 3.63) is 76.2 Å². The number of benzene rings is 2. The Kier molecular flexibility index (Phi) is 4.52. The minimum Gasteiger partial charge on any atom is -0.494 e. The van der Waals surface area contributed by atoms with Gasteiger partial charge in [-0.2, -0.15) is 5.26 Å². The molecule has 27 heavy (non-hydrogen) atoms. The van der Waals surface area contributed by atoms with Crippen molar-refractivity contribution in [1.29, 1.82) is 5.26 Å². The van der Waals surface area contributed by atoms with E-state index in [0.29, 0.717) is 24.3 Å². The van der Waals surface area contributed by atoms with E-state index in [9.17, 15) is 10.1 Å². The van der Waals surface area contributed by atoms with Crippen LogP contribution in [0.5, 0.6) is 5.75 Å². The topological polar surface area (TPSA) is 55.0 Å². The van der Waals surface area contributed by atoms with E-state index < -0.39 is 0 Å². The van der Waals surface area contributed by atoms with E-state index in [1.54, 1.807) is 10.6 Å². The smallest absolute Gasteiger partial charge is 0.258 e. The number of rotatable bonds is 4. The van der Waals surface area contributed by atoms with E-state index in [4.69, 9.17) is 4.74 Å². The van der Waals surface area contributed by atoms with Crippen molar-refractivity contribution in [2.45, 2.75) is 26.3 Å². The number of hydrogen-bond donors (Lipinski definition) is 0. The first-order valence-corrected chi connectivity index (χ1v) is 9.21. The number of fused-ring (bicyclic) bond motifs is 1. The molecule has 2 heterocycles. The van der Waals surface area contributed by atoms with Crippen LogP contribution in [-0.2, 0) is 13.0 Å². The minimum absolute atomic E-state index is 0.00434. The van der Waals surface area contributed by atoms with E-state index in [2.05, 4.69) is 6.07 Å². The number of nitriles is 1. The zero-order valence-corrected chi connectivity index (χ0v) is 15.2. The lowest BCUT2D eigenvalue weighted by molar-refractivity contribution is 0.340. The molecular formula is C23H20N2O2. The molecule has 4 rings (SSSR count). The van der Waals surface area contributed by atoms with Crippen molar-refractivity contribution >= 4 is 0 Å². The second-order valence-electron chi connectivity index (χ2n) is 6.63. The van der Waals surface area contributed by atoms with Crippen molar-refractivity contribution in [3.63, 3.8) is 0 Å². The Labute approximate surface area is 158 Å². The molecule has 1 aliphatic rings. The molecule has 0 bridgehead atoms. The molecule has 3 aromatic rings. The van der Waals surface area contributed by atoms with Gasteiger partial charge in [0.25, 0.3) is 5.56 Å². The average molecular weight is 356 g/mol. The maximum Gasteiger partial charge on any atom is 0.258 e. The lowest BCUT2D eigenvalue weighted by Gasteiger charge is -2.10. The zero-order valence-electron chi connectivity index (χ0n) is 15.2. The molecule has 0 atom stereocenters. The van der Waals surface area contributed by atoms with Gasteiger partial charge in [0.05, 0.1) is 12.2 Å². The average Bonchev–Trinajstić information content (AvgIpc) is 3.20. The van der Waals surface area contributed by atoms with Crippen LogP contribution < -0.4 is 10.3 Å². The van der Waals surface area contributed by atoms with Crippen LogP contribution in [0.15, 0.2) is 59.4 Å². The van der Waals surface area contributed by atoms with Gasteiger partial charge in [-0.15, -0.1) is 0 Å². The molecule has 0 amide bonds. The monoisotopic (exact) mass is 356 g/mol. The van der Waals surface area contributed by atoms with Gasteiger partial charge in [-0.3, -0.25) is 4.79 Å². The number of hydrogen-bond acceptors (Lipinski definition) is 3. The van der Waals surface area contributed by atoms with Crippen LogP contribution in [0.25, 0.3) is 22.3 Å². The number of pyridine rings is 1. The second-order valence-corrected chi connectivity index (χ2v) is 6.63. The molecule has 0 N–H and O–H groups in total. The van der Waals surface area contributed by atoms with Gasteiger partial charge in [0.15, 0.2) is 0 Å². The normalized spacial score (nSPS) is 12.4. The van der Waals surface area contributed by atoms with Crippen LogP contribution in [0.1, 0.15) is 24.6 Å². The largest absolute Gasteiger partial charge is 0.494 e. The highest BCUT2D eigenvalue weighted by Gasteiger charge is 2.19. The van der Waals surface area contributed by atoms with Gasteiger partial charge in [0.1, 0.15) is 11.8 Å². The van der Waals surface area contributed by atoms with Crippen molar-refractivity contribution in [1.82, 2.24) is 4.57 Å². The molecule has 2 aromatic carbocycles. The summed E-state index contributed by atoms with van der Waals surface area (Å²) in [6.45, 7) is 3.31. The molecule has 4 heteroatoms. The van der Waals surface area contributed by atoms with Gasteiger partial charge in [-0.05, 0) is 54.7 Å². The molecule has 0 radical (unpaired) electrons. The summed E-state index contributed by atoms with van der Waals surface area (Å²) < 4.78 is 7.24. The molecular weight excluding hydrogens is 336 g/mol. The number of aromatic nitrogens is 1. The van der Waals surface area contributed by atoms with E-state index in [0.717, 1.165) is 41.0 Å². The maximum absolute atomic E-state index is 12.8. The summed E-state index contributed by atoms with van der Waals surface area (Å²) in [5, 5.41) is 9.44. The van der Waals surface area contributed by atoms with Crippen molar-refractivity contribution in [2.24, 2.45) is 0 Å². The fourth-order valence-corrected chi connectivity index (χ4v) is 3.67. The van der Waals surface area contributed by atoms with Crippen molar-refractivity contribution < 1.29 is 4.74 Å². The lowest BCUT2D eigenvalue weighted by atomic mass is 9.99. The molecule has 0 fully saturated rings. The lowest BCUT2D eigenvalue weighted by Crippen LogP contribution is -2.22. The summed E-state index contributed by atoms with van der Waals surface area (Å²) in [4.78, 5) is 12.8. The molecule has 1 aliphatic heterocycles. The Morgan fingerprint density at radius 1 is 1.04 bits per heavy atom. The SMILES string of the molecule is CCOc1ccc(-c2ccc(-c3cc(C#N)c4n(c3=O)CCC4)cc2)cc1. The quantitative estimate of drug-likeness (QED) is 0.696. The Hall–Kier alpha value is -3.32. The van der Waals surface area contributed by atoms with Gasteiger partial charge in [-0.1, -0.05) is 36.4 Å². The summed E-state index contributed by atoms with van der Waals surface area (Å²) in [7, 11) is 0. The van der Waals surface area contributed by atoms with Crippen LogP contribution in [0.2, 0.25) is 0 Å². The summed E-state index contributed by atoms with van der Waals surface area (Å²) in [5.41, 5.74) is 5.08. The van der Waals surface area contributed by atoms with Crippen LogP contribution >= 0.6 is 0 Å². The van der Waals surface area contributed by atoms with Gasteiger partial charge in [-0.25, -0.2) is 0 Å². The van der Waals surface area contributed by atoms with Gasteiger partial charge in [0.2, 0.25) is 0 Å². The molecule has 0 saturated heterocycles. The van der Waals surface area contributed by atoms with Crippen LogP contribution in [0.3, 0.4) is 0 Å². The Bertz CT molecular complexity index is 1070. The number of nitrogens with zero attached hydrogens (tertiary/aromatic N) is 2. The first-order valence-electron chi connectivity index (χ1n) is 9.21. The molecule has 0 spiro atoms. The third-order valence-corrected chi connectivity index (χ3v) is 5.01. The van der Waals surface area contributed by atoms with E-state index >= 15 is 0 Å². The second kappa shape index (κ2) is 7.13. The molecule has 0 saturated carbocycles. The molecule has 0 unspecified atom stereocenters. The maximum atomic E-state index is 12.8. The fraction of sp³-hybridized carbons (Fsp3) is 0.217. The Balaban J connectivity index is 1.69. The predicted molar refractivity (Wildman–Crippen MR) is 106 cm³/mol. The summed E-state index contributed by atoms with van der Waals surface area (Å²) in [6, 6.07) is 19.9. The summed E-state index contributed by atoms with van der Waals surface area (Å²) in [5.74, 6) is 0.855. The van der Waals surface area contributed by atoms with E-state index in [1.165, 1.54) is 0 Å². The Morgan fingerprint density at radius 3 is 2.30 bits per heavy atom. The van der Waals surface area contributed by atoms with Crippen LogP contribution in [0, 0.1) is 11.3 Å².